The molecule has 56 valence electrons. The van der Waals surface area contributed by atoms with Crippen molar-refractivity contribution in [3.63, 3.8) is 0 Å². The van der Waals surface area contributed by atoms with Gasteiger partial charge in [0.1, 0.15) is 0 Å². The predicted octanol–water partition coefficient (Wildman–Crippen LogP) is 0.632. The number of hydrogen-bond acceptors (Lipinski definition) is 2. The van der Waals surface area contributed by atoms with E-state index in [0.29, 0.717) is 0 Å². The summed E-state index contributed by atoms with van der Waals surface area (Å²) in [6.07, 6.45) is -0.366. The van der Waals surface area contributed by atoms with Crippen LogP contribution < -0.4 is 0 Å². The lowest BCUT2D eigenvalue weighted by atomic mass is 9.96. The second-order valence-corrected chi connectivity index (χ2v) is 2.89. The number of aliphatic hydroxyl groups excluding tert-OH is 2. The quantitative estimate of drug-likeness (QED) is 0.591. The zero-order valence-corrected chi connectivity index (χ0v) is 6.33. The molecule has 0 aliphatic rings. The molecule has 0 bridgehead atoms. The van der Waals surface area contributed by atoms with Gasteiger partial charge >= 0.3 is 0 Å². The zero-order valence-electron chi connectivity index (χ0n) is 6.33. The van der Waals surface area contributed by atoms with Crippen LogP contribution in [0, 0.1) is 11.8 Å². The fraction of sp³-hybridized carbons (Fsp3) is 1.00. The van der Waals surface area contributed by atoms with E-state index in [1.165, 1.54) is 0 Å². The van der Waals surface area contributed by atoms with Gasteiger partial charge in [0.2, 0.25) is 0 Å². The molecule has 0 aliphatic carbocycles. The van der Waals surface area contributed by atoms with Gasteiger partial charge in [0.05, 0.1) is 6.10 Å². The third-order valence-corrected chi connectivity index (χ3v) is 1.55. The molecule has 0 aromatic heterocycles. The van der Waals surface area contributed by atoms with Gasteiger partial charge in [-0.15, -0.1) is 0 Å². The molecule has 2 heteroatoms. The largest absolute Gasteiger partial charge is 0.396 e. The maximum absolute atomic E-state index is 9.23. The first-order valence-electron chi connectivity index (χ1n) is 3.38. The first-order chi connectivity index (χ1) is 4.09. The minimum absolute atomic E-state index is 0.00463. The third-order valence-electron chi connectivity index (χ3n) is 1.55. The van der Waals surface area contributed by atoms with Crippen molar-refractivity contribution in [2.24, 2.45) is 11.8 Å². The summed E-state index contributed by atoms with van der Waals surface area (Å²) < 4.78 is 0. The smallest absolute Gasteiger partial charge is 0.0610 e. The summed E-state index contributed by atoms with van der Waals surface area (Å²) in [4.78, 5) is 0. The third kappa shape index (κ3) is 2.82. The summed E-state index contributed by atoms with van der Waals surface area (Å²) in [5, 5.41) is 17.8. The van der Waals surface area contributed by atoms with E-state index >= 15 is 0 Å². The molecule has 2 atom stereocenters. The molecule has 0 saturated heterocycles. The topological polar surface area (TPSA) is 40.5 Å². The van der Waals surface area contributed by atoms with E-state index in [-0.39, 0.29) is 24.5 Å². The van der Waals surface area contributed by atoms with Gasteiger partial charge in [-0.2, -0.15) is 0 Å². The Morgan fingerprint density at radius 2 is 1.67 bits per heavy atom. The van der Waals surface area contributed by atoms with Gasteiger partial charge in [0.25, 0.3) is 0 Å². The van der Waals surface area contributed by atoms with Crippen molar-refractivity contribution in [2.45, 2.75) is 26.9 Å². The van der Waals surface area contributed by atoms with Crippen molar-refractivity contribution in [2.75, 3.05) is 6.61 Å². The second-order valence-electron chi connectivity index (χ2n) is 2.89. The summed E-state index contributed by atoms with van der Waals surface area (Å²) in [5.41, 5.74) is 0. The summed E-state index contributed by atoms with van der Waals surface area (Å²) in [6.45, 7) is 5.79. The van der Waals surface area contributed by atoms with Crippen LogP contribution in [0.4, 0.5) is 0 Å². The van der Waals surface area contributed by atoms with Crippen LogP contribution in [0.15, 0.2) is 0 Å². The highest BCUT2D eigenvalue weighted by molar-refractivity contribution is 4.65. The minimum Gasteiger partial charge on any atom is -0.396 e. The highest BCUT2D eigenvalue weighted by Gasteiger charge is 2.15. The van der Waals surface area contributed by atoms with Gasteiger partial charge < -0.3 is 10.2 Å². The van der Waals surface area contributed by atoms with Crippen LogP contribution in [-0.2, 0) is 0 Å². The van der Waals surface area contributed by atoms with Gasteiger partial charge in [-0.05, 0) is 5.92 Å². The molecular formula is C7H16O2. The van der Waals surface area contributed by atoms with Crippen LogP contribution in [0.2, 0.25) is 0 Å². The van der Waals surface area contributed by atoms with E-state index in [2.05, 4.69) is 0 Å². The molecule has 2 N–H and O–H groups in total. The number of aliphatic hydroxyl groups is 2. The summed E-state index contributed by atoms with van der Waals surface area (Å²) >= 11 is 0. The minimum atomic E-state index is -0.366. The molecule has 0 saturated carbocycles. The van der Waals surface area contributed by atoms with Crippen molar-refractivity contribution in [1.29, 1.82) is 0 Å². The zero-order chi connectivity index (χ0) is 7.44. The Balaban J connectivity index is 3.58. The number of hydrogen-bond donors (Lipinski definition) is 2. The van der Waals surface area contributed by atoms with Crippen molar-refractivity contribution < 1.29 is 10.2 Å². The van der Waals surface area contributed by atoms with E-state index in [1.54, 1.807) is 0 Å². The SMILES string of the molecule is CC(C)[C@H](O)C(C)CO. The van der Waals surface area contributed by atoms with Crippen LogP contribution in [0.1, 0.15) is 20.8 Å². The Morgan fingerprint density at radius 1 is 1.22 bits per heavy atom. The fourth-order valence-electron chi connectivity index (χ4n) is 0.765. The Kier molecular flexibility index (Phi) is 3.82. The Labute approximate surface area is 56.5 Å². The van der Waals surface area contributed by atoms with E-state index in [0.717, 1.165) is 0 Å². The lowest BCUT2D eigenvalue weighted by molar-refractivity contribution is 0.0427. The van der Waals surface area contributed by atoms with Crippen LogP contribution in [0.25, 0.3) is 0 Å². The molecule has 0 aromatic carbocycles. The van der Waals surface area contributed by atoms with Gasteiger partial charge in [-0.25, -0.2) is 0 Å². The van der Waals surface area contributed by atoms with Crippen molar-refractivity contribution >= 4 is 0 Å². The van der Waals surface area contributed by atoms with Crippen LogP contribution in [0.3, 0.4) is 0 Å². The maximum Gasteiger partial charge on any atom is 0.0610 e. The van der Waals surface area contributed by atoms with Gasteiger partial charge in [0.15, 0.2) is 0 Å². The molecule has 0 aromatic rings. The van der Waals surface area contributed by atoms with Gasteiger partial charge in [-0.3, -0.25) is 0 Å². The average molecular weight is 132 g/mol. The molecule has 0 fully saturated rings. The lowest BCUT2D eigenvalue weighted by Gasteiger charge is -2.19. The van der Waals surface area contributed by atoms with Gasteiger partial charge in [0, 0.05) is 12.5 Å². The Bertz CT molecular complexity index is 71.3. The standard InChI is InChI=1S/C7H16O2/c1-5(2)7(9)6(3)4-8/h5-9H,4H2,1-3H3/t6?,7-/m0/s1. The summed E-state index contributed by atoms with van der Waals surface area (Å²) in [6, 6.07) is 0. The Hall–Kier alpha value is -0.0800. The predicted molar refractivity (Wildman–Crippen MR) is 37.1 cm³/mol. The Morgan fingerprint density at radius 3 is 1.78 bits per heavy atom. The summed E-state index contributed by atoms with van der Waals surface area (Å²) in [7, 11) is 0. The molecule has 0 radical (unpaired) electrons. The molecule has 1 unspecified atom stereocenters. The molecule has 0 heterocycles. The molecular weight excluding hydrogens is 116 g/mol. The average Bonchev–Trinajstić information content (AvgIpc) is 1.84. The van der Waals surface area contributed by atoms with Crippen molar-refractivity contribution in [3.8, 4) is 0 Å². The molecule has 0 spiro atoms. The second kappa shape index (κ2) is 3.85. The molecule has 9 heavy (non-hydrogen) atoms. The maximum atomic E-state index is 9.23. The van der Waals surface area contributed by atoms with E-state index in [4.69, 9.17) is 5.11 Å². The number of rotatable bonds is 3. The fourth-order valence-corrected chi connectivity index (χ4v) is 0.765. The summed E-state index contributed by atoms with van der Waals surface area (Å²) in [5.74, 6) is 0.247. The lowest BCUT2D eigenvalue weighted by Crippen LogP contribution is -2.25. The molecule has 0 aliphatic heterocycles. The van der Waals surface area contributed by atoms with Crippen LogP contribution in [0.5, 0.6) is 0 Å². The van der Waals surface area contributed by atoms with Crippen molar-refractivity contribution in [3.05, 3.63) is 0 Å². The van der Waals surface area contributed by atoms with Crippen LogP contribution >= 0.6 is 0 Å². The van der Waals surface area contributed by atoms with Crippen LogP contribution in [-0.4, -0.2) is 22.9 Å². The van der Waals surface area contributed by atoms with E-state index in [9.17, 15) is 5.11 Å². The molecule has 0 rings (SSSR count). The first-order valence-corrected chi connectivity index (χ1v) is 3.38. The molecule has 2 nitrogen and oxygen atoms in total. The van der Waals surface area contributed by atoms with Gasteiger partial charge in [-0.1, -0.05) is 20.8 Å². The first kappa shape index (κ1) is 8.92. The highest BCUT2D eigenvalue weighted by Crippen LogP contribution is 2.10. The normalized spacial score (nSPS) is 18.0. The van der Waals surface area contributed by atoms with Crippen molar-refractivity contribution in [1.82, 2.24) is 0 Å². The molecule has 0 amide bonds. The highest BCUT2D eigenvalue weighted by atomic mass is 16.3. The van der Waals surface area contributed by atoms with E-state index < -0.39 is 0 Å². The van der Waals surface area contributed by atoms with E-state index in [1.807, 2.05) is 20.8 Å². The monoisotopic (exact) mass is 132 g/mol.